The first-order valence-electron chi connectivity index (χ1n) is 12.8. The van der Waals surface area contributed by atoms with Crippen molar-refractivity contribution in [3.05, 3.63) is 58.4 Å². The molecule has 0 radical (unpaired) electrons. The van der Waals surface area contributed by atoms with Crippen LogP contribution in [-0.4, -0.2) is 52.0 Å². The summed E-state index contributed by atoms with van der Waals surface area (Å²) in [4.78, 5) is 42.5. The summed E-state index contributed by atoms with van der Waals surface area (Å²) in [7, 11) is 0. The maximum absolute atomic E-state index is 12.9. The predicted octanol–water partition coefficient (Wildman–Crippen LogP) is 5.83. The Kier molecular flexibility index (Phi) is 9.61. The average Bonchev–Trinajstić information content (AvgIpc) is 3.35. The number of unbranched alkanes of at least 4 members (excludes halogenated alkanes) is 1. The van der Waals surface area contributed by atoms with Crippen molar-refractivity contribution in [3.63, 3.8) is 0 Å². The second kappa shape index (κ2) is 13.3. The van der Waals surface area contributed by atoms with Crippen molar-refractivity contribution in [2.45, 2.75) is 39.0 Å². The van der Waals surface area contributed by atoms with Crippen LogP contribution in [0.3, 0.4) is 0 Å². The van der Waals surface area contributed by atoms with Gasteiger partial charge in [0, 0.05) is 42.4 Å². The summed E-state index contributed by atoms with van der Waals surface area (Å²) in [6.45, 7) is 3.71. The second-order valence-corrected chi connectivity index (χ2v) is 9.69. The summed E-state index contributed by atoms with van der Waals surface area (Å²) in [6, 6.07) is 11.4. The number of carbonyl (C=O) groups excluding carboxylic acids is 1. The van der Waals surface area contributed by atoms with Gasteiger partial charge < -0.3 is 28.1 Å². The molecule has 0 saturated heterocycles. The van der Waals surface area contributed by atoms with Gasteiger partial charge in [0.1, 0.15) is 16.7 Å². The smallest absolute Gasteiger partial charge is 0.349 e. The van der Waals surface area contributed by atoms with E-state index in [2.05, 4.69) is 9.88 Å². The van der Waals surface area contributed by atoms with Crippen molar-refractivity contribution in [2.75, 3.05) is 30.3 Å². The van der Waals surface area contributed by atoms with Crippen LogP contribution in [0.15, 0.2) is 56.1 Å². The zero-order valence-corrected chi connectivity index (χ0v) is 22.4. The Hall–Kier alpha value is -3.83. The zero-order valence-electron chi connectivity index (χ0n) is 21.6. The van der Waals surface area contributed by atoms with Gasteiger partial charge in [0.25, 0.3) is 0 Å². The fraction of sp³-hybridized carbons (Fsp3) is 0.357. The number of aromatic nitrogens is 1. The van der Waals surface area contributed by atoms with E-state index in [1.807, 2.05) is 19.1 Å². The highest BCUT2D eigenvalue weighted by molar-refractivity contribution is 7.93. The first-order valence-corrected chi connectivity index (χ1v) is 13.7. The highest BCUT2D eigenvalue weighted by Gasteiger charge is 2.17. The molecule has 2 heterocycles. The molecule has 39 heavy (non-hydrogen) atoms. The molecule has 4 aromatic rings. The molecule has 206 valence electrons. The Morgan fingerprint density at radius 2 is 1.85 bits per heavy atom. The largest absolute Gasteiger partial charge is 0.478 e. The molecule has 0 bridgehead atoms. The number of benzene rings is 2. The molecule has 0 spiro atoms. The van der Waals surface area contributed by atoms with Gasteiger partial charge in [0.15, 0.2) is 5.58 Å². The minimum Gasteiger partial charge on any atom is -0.478 e. The van der Waals surface area contributed by atoms with Crippen molar-refractivity contribution in [2.24, 2.45) is 0 Å². The molecular formula is C28H30N2O8S. The lowest BCUT2D eigenvalue weighted by Crippen LogP contribution is -2.26. The van der Waals surface area contributed by atoms with Gasteiger partial charge in [-0.2, -0.15) is 0 Å². The Morgan fingerprint density at radius 3 is 2.62 bits per heavy atom. The molecule has 0 aliphatic heterocycles. The molecule has 4 rings (SSSR count). The van der Waals surface area contributed by atoms with Crippen LogP contribution in [0, 0.1) is 0 Å². The molecule has 0 saturated carbocycles. The van der Waals surface area contributed by atoms with E-state index < -0.39 is 11.6 Å². The Balaban J connectivity index is 1.55. The molecule has 0 unspecified atom stereocenters. The minimum atomic E-state index is -1.08. The van der Waals surface area contributed by atoms with E-state index in [0.29, 0.717) is 60.4 Å². The lowest BCUT2D eigenvalue weighted by atomic mass is 10.1. The van der Waals surface area contributed by atoms with Gasteiger partial charge >= 0.3 is 17.6 Å². The highest BCUT2D eigenvalue weighted by Crippen LogP contribution is 2.28. The topological polar surface area (TPSA) is 143 Å². The molecule has 2 aromatic heterocycles. The van der Waals surface area contributed by atoms with Gasteiger partial charge in [0.05, 0.1) is 12.2 Å². The van der Waals surface area contributed by atoms with E-state index in [9.17, 15) is 19.5 Å². The fourth-order valence-corrected chi connectivity index (χ4v) is 4.39. The second-order valence-electron chi connectivity index (χ2n) is 9.03. The van der Waals surface area contributed by atoms with Gasteiger partial charge in [0.2, 0.25) is 5.89 Å². The van der Waals surface area contributed by atoms with Gasteiger partial charge in [-0.3, -0.25) is 4.79 Å². The van der Waals surface area contributed by atoms with Crippen LogP contribution in [-0.2, 0) is 9.53 Å². The Morgan fingerprint density at radius 1 is 1.03 bits per heavy atom. The summed E-state index contributed by atoms with van der Waals surface area (Å²) >= 11 is 0.782. The van der Waals surface area contributed by atoms with E-state index in [0.717, 1.165) is 37.0 Å². The molecule has 0 atom stereocenters. The number of fused-ring (bicyclic) bond motifs is 2. The third kappa shape index (κ3) is 7.18. The van der Waals surface area contributed by atoms with Gasteiger partial charge in [-0.25, -0.2) is 14.6 Å². The number of rotatable bonds is 14. The van der Waals surface area contributed by atoms with Gasteiger partial charge in [-0.1, -0.05) is 13.3 Å². The summed E-state index contributed by atoms with van der Waals surface area (Å²) < 4.78 is 25.7. The third-order valence-electron chi connectivity index (χ3n) is 6.18. The molecule has 0 fully saturated rings. The third-order valence-corrected chi connectivity index (χ3v) is 6.65. The summed E-state index contributed by atoms with van der Waals surface area (Å²) in [5.74, 6) is -0.690. The lowest BCUT2D eigenvalue weighted by Gasteiger charge is -2.25. The maximum Gasteiger partial charge on any atom is 0.349 e. The number of aromatic carboxylic acids is 1. The molecule has 0 aliphatic carbocycles. The number of hydrogen-bond donors (Lipinski definition) is 2. The number of esters is 1. The highest BCUT2D eigenvalue weighted by atomic mass is 32.2. The van der Waals surface area contributed by atoms with E-state index in [4.69, 9.17) is 18.1 Å². The quantitative estimate of drug-likeness (QED) is 0.0841. The molecule has 0 aliphatic rings. The molecular weight excluding hydrogens is 524 g/mol. The van der Waals surface area contributed by atoms with Crippen LogP contribution in [0.1, 0.15) is 49.4 Å². The number of nitrogens with zero attached hydrogens (tertiary/aromatic N) is 2. The predicted molar refractivity (Wildman–Crippen MR) is 149 cm³/mol. The number of carbonyl (C=O) groups is 2. The van der Waals surface area contributed by atoms with Crippen molar-refractivity contribution in [1.82, 2.24) is 4.98 Å². The van der Waals surface area contributed by atoms with Crippen LogP contribution in [0.25, 0.3) is 33.5 Å². The van der Waals surface area contributed by atoms with Crippen molar-refractivity contribution >= 4 is 51.7 Å². The Labute approximate surface area is 228 Å². The van der Waals surface area contributed by atoms with Crippen LogP contribution < -0.4 is 10.5 Å². The van der Waals surface area contributed by atoms with Crippen LogP contribution in [0.4, 0.5) is 5.69 Å². The van der Waals surface area contributed by atoms with E-state index in [1.165, 1.54) is 18.2 Å². The van der Waals surface area contributed by atoms with Gasteiger partial charge in [-0.15, -0.1) is 0 Å². The number of anilines is 1. The van der Waals surface area contributed by atoms with Crippen molar-refractivity contribution < 1.29 is 32.8 Å². The standard InChI is InChI=1S/C28H30N2O8S/c1-2-3-13-36-25(31)6-4-11-30(12-5-14-39-35)20-9-7-18-15-21(28(34)38-24(18)17-20)26-29-22-16-19(27(32)33)8-10-23(22)37-26/h7-10,15-17,35H,2-6,11-14H2,1H3,(H,32,33). The molecule has 2 aromatic carbocycles. The number of ether oxygens (including phenoxy) is 1. The van der Waals surface area contributed by atoms with Crippen molar-refractivity contribution in [1.29, 1.82) is 0 Å². The monoisotopic (exact) mass is 554 g/mol. The first-order chi connectivity index (χ1) is 18.9. The number of carboxylic acid groups (broad SMARTS) is 1. The number of carboxylic acids is 1. The summed E-state index contributed by atoms with van der Waals surface area (Å²) in [6.07, 6.45) is 3.44. The summed E-state index contributed by atoms with van der Waals surface area (Å²) in [5.41, 5.74) is 1.44. The van der Waals surface area contributed by atoms with Crippen molar-refractivity contribution in [3.8, 4) is 11.5 Å². The molecule has 2 N–H and O–H groups in total. The van der Waals surface area contributed by atoms with Gasteiger partial charge in [-0.05, 0) is 67.7 Å². The zero-order chi connectivity index (χ0) is 27.8. The summed E-state index contributed by atoms with van der Waals surface area (Å²) in [5, 5.41) is 9.86. The minimum absolute atomic E-state index is 0.0428. The Bertz CT molecular complexity index is 1510. The molecule has 11 heteroatoms. The van der Waals surface area contributed by atoms with E-state index in [1.54, 1.807) is 12.1 Å². The average molecular weight is 555 g/mol. The SMILES string of the molecule is CCCCOC(=O)CCCN(CCCSO)c1ccc2cc(-c3nc4cc(C(=O)O)ccc4o3)c(=O)oc2c1. The van der Waals surface area contributed by atoms with Crippen LogP contribution >= 0.6 is 12.0 Å². The lowest BCUT2D eigenvalue weighted by molar-refractivity contribution is -0.143. The molecule has 10 nitrogen and oxygen atoms in total. The van der Waals surface area contributed by atoms with Crippen LogP contribution in [0.5, 0.6) is 0 Å². The normalized spacial score (nSPS) is 11.2. The van der Waals surface area contributed by atoms with E-state index >= 15 is 0 Å². The number of hydrogen-bond acceptors (Lipinski definition) is 10. The fourth-order valence-electron chi connectivity index (χ4n) is 4.13. The number of oxazole rings is 1. The molecule has 0 amide bonds. The van der Waals surface area contributed by atoms with Crippen LogP contribution in [0.2, 0.25) is 0 Å². The van der Waals surface area contributed by atoms with E-state index in [-0.39, 0.29) is 23.0 Å². The maximum atomic E-state index is 12.9. The first kappa shape index (κ1) is 28.2.